The van der Waals surface area contributed by atoms with E-state index < -0.39 is 0 Å². The highest BCUT2D eigenvalue weighted by Gasteiger charge is 2.07. The second-order valence-corrected chi connectivity index (χ2v) is 3.31. The van der Waals surface area contributed by atoms with E-state index in [2.05, 4.69) is 29.9 Å². The van der Waals surface area contributed by atoms with Crippen molar-refractivity contribution in [1.29, 1.82) is 0 Å². The average molecular weight is 197 g/mol. The molecule has 0 saturated carbocycles. The van der Waals surface area contributed by atoms with Gasteiger partial charge in [-0.2, -0.15) is 5.10 Å². The largest absolute Gasteiger partial charge is 0.358 e. The second kappa shape index (κ2) is 8.60. The van der Waals surface area contributed by atoms with Crippen LogP contribution in [0, 0.1) is 0 Å². The number of hydrogen-bond acceptors (Lipinski definition) is 2. The van der Waals surface area contributed by atoms with E-state index >= 15 is 0 Å². The third kappa shape index (κ3) is 4.90. The van der Waals surface area contributed by atoms with Crippen LogP contribution in [0.3, 0.4) is 0 Å². The van der Waals surface area contributed by atoms with Gasteiger partial charge in [-0.05, 0) is 19.8 Å². The molecule has 0 amide bonds. The van der Waals surface area contributed by atoms with E-state index in [0.29, 0.717) is 0 Å². The Morgan fingerprint density at radius 1 is 1.29 bits per heavy atom. The highest BCUT2D eigenvalue weighted by Crippen LogP contribution is 2.00. The smallest absolute Gasteiger partial charge is 0.128 e. The predicted octanol–water partition coefficient (Wildman–Crippen LogP) is 2.35. The van der Waals surface area contributed by atoms with Gasteiger partial charge >= 0.3 is 0 Å². The molecule has 0 radical (unpaired) electrons. The van der Waals surface area contributed by atoms with Crippen molar-refractivity contribution < 1.29 is 0 Å². The number of hydrazone groups is 1. The van der Waals surface area contributed by atoms with E-state index in [1.54, 1.807) is 0 Å². The predicted molar refractivity (Wildman–Crippen MR) is 63.2 cm³/mol. The summed E-state index contributed by atoms with van der Waals surface area (Å²) >= 11 is 0. The Labute approximate surface area is 87.7 Å². The number of amidine groups is 1. The zero-order valence-corrected chi connectivity index (χ0v) is 9.66. The summed E-state index contributed by atoms with van der Waals surface area (Å²) < 4.78 is 0. The van der Waals surface area contributed by atoms with Crippen molar-refractivity contribution in [2.75, 3.05) is 13.1 Å². The third-order valence-corrected chi connectivity index (χ3v) is 2.04. The zero-order valence-electron chi connectivity index (χ0n) is 9.66. The van der Waals surface area contributed by atoms with Crippen molar-refractivity contribution in [1.82, 2.24) is 4.90 Å². The molecule has 0 heterocycles. The highest BCUT2D eigenvalue weighted by atomic mass is 15.3. The lowest BCUT2D eigenvalue weighted by atomic mass is 10.3. The van der Waals surface area contributed by atoms with Crippen LogP contribution >= 0.6 is 0 Å². The number of allylic oxidation sites excluding steroid dienone is 1. The van der Waals surface area contributed by atoms with Crippen molar-refractivity contribution in [3.8, 4) is 0 Å². The molecule has 14 heavy (non-hydrogen) atoms. The summed E-state index contributed by atoms with van der Waals surface area (Å²) in [6.45, 7) is 8.44. The van der Waals surface area contributed by atoms with Crippen LogP contribution in [0.5, 0.6) is 0 Å². The standard InChI is InChI=1S/C11H23N3/c1-4-7-8-11(13-12)14(9-5-2)10-6-3/h4,7H,5-6,8-10,12H2,1-3H3/b7-4+,13-11-. The quantitative estimate of drug-likeness (QED) is 0.233. The van der Waals surface area contributed by atoms with Gasteiger partial charge in [0.25, 0.3) is 0 Å². The van der Waals surface area contributed by atoms with Gasteiger partial charge in [-0.3, -0.25) is 0 Å². The molecule has 0 aromatic heterocycles. The monoisotopic (exact) mass is 197 g/mol. The molecule has 0 spiro atoms. The lowest BCUT2D eigenvalue weighted by Crippen LogP contribution is -2.33. The molecule has 0 aliphatic heterocycles. The SMILES string of the molecule is C/C=C/C/C(=N/N)N(CCC)CCC. The fourth-order valence-corrected chi connectivity index (χ4v) is 1.40. The summed E-state index contributed by atoms with van der Waals surface area (Å²) in [6.07, 6.45) is 7.22. The van der Waals surface area contributed by atoms with Gasteiger partial charge in [0, 0.05) is 19.5 Å². The fraction of sp³-hybridized carbons (Fsp3) is 0.727. The van der Waals surface area contributed by atoms with E-state index in [1.165, 1.54) is 0 Å². The minimum atomic E-state index is 0.840. The van der Waals surface area contributed by atoms with Crippen LogP contribution in [0.25, 0.3) is 0 Å². The first kappa shape index (κ1) is 13.0. The molecule has 0 rings (SSSR count). The lowest BCUT2D eigenvalue weighted by molar-refractivity contribution is 0.410. The van der Waals surface area contributed by atoms with Gasteiger partial charge in [0.2, 0.25) is 0 Å². The topological polar surface area (TPSA) is 41.6 Å². The summed E-state index contributed by atoms with van der Waals surface area (Å²) in [6, 6.07) is 0. The molecular formula is C11H23N3. The molecule has 0 aromatic carbocycles. The summed E-state index contributed by atoms with van der Waals surface area (Å²) in [5.74, 6) is 6.38. The van der Waals surface area contributed by atoms with Crippen molar-refractivity contribution in [2.45, 2.75) is 40.0 Å². The maximum Gasteiger partial charge on any atom is 0.128 e. The van der Waals surface area contributed by atoms with Gasteiger partial charge in [-0.25, -0.2) is 0 Å². The van der Waals surface area contributed by atoms with E-state index in [-0.39, 0.29) is 0 Å². The van der Waals surface area contributed by atoms with E-state index in [1.807, 2.05) is 13.0 Å². The Hall–Kier alpha value is -0.990. The van der Waals surface area contributed by atoms with E-state index in [9.17, 15) is 0 Å². The van der Waals surface area contributed by atoms with Gasteiger partial charge < -0.3 is 10.7 Å². The molecule has 0 atom stereocenters. The minimum absolute atomic E-state index is 0.840. The molecule has 0 fully saturated rings. The molecule has 0 aromatic rings. The van der Waals surface area contributed by atoms with Gasteiger partial charge in [0.05, 0.1) is 0 Å². The first-order valence-electron chi connectivity index (χ1n) is 5.42. The molecular weight excluding hydrogens is 174 g/mol. The number of nitrogens with zero attached hydrogens (tertiary/aromatic N) is 2. The van der Waals surface area contributed by atoms with Crippen LogP contribution in [0.1, 0.15) is 40.0 Å². The normalized spacial score (nSPS) is 12.4. The molecule has 0 aliphatic carbocycles. The molecule has 0 bridgehead atoms. The summed E-state index contributed by atoms with van der Waals surface area (Å²) in [5.41, 5.74) is 0. The van der Waals surface area contributed by atoms with Crippen LogP contribution < -0.4 is 5.84 Å². The van der Waals surface area contributed by atoms with Gasteiger partial charge in [0.1, 0.15) is 5.84 Å². The summed E-state index contributed by atoms with van der Waals surface area (Å²) in [5, 5.41) is 3.85. The molecule has 3 nitrogen and oxygen atoms in total. The van der Waals surface area contributed by atoms with Crippen molar-refractivity contribution in [2.24, 2.45) is 10.9 Å². The average Bonchev–Trinajstić information content (AvgIpc) is 2.19. The van der Waals surface area contributed by atoms with Crippen molar-refractivity contribution in [3.63, 3.8) is 0 Å². The maximum absolute atomic E-state index is 5.39. The van der Waals surface area contributed by atoms with Crippen LogP contribution in [-0.2, 0) is 0 Å². The van der Waals surface area contributed by atoms with Crippen LogP contribution in [0.4, 0.5) is 0 Å². The van der Waals surface area contributed by atoms with Gasteiger partial charge in [0.15, 0.2) is 0 Å². The molecule has 0 saturated heterocycles. The highest BCUT2D eigenvalue weighted by molar-refractivity contribution is 5.83. The third-order valence-electron chi connectivity index (χ3n) is 2.04. The first-order chi connectivity index (χ1) is 6.79. The molecule has 0 aliphatic rings. The van der Waals surface area contributed by atoms with Crippen molar-refractivity contribution >= 4 is 5.84 Å². The second-order valence-electron chi connectivity index (χ2n) is 3.31. The Kier molecular flexibility index (Phi) is 7.99. The van der Waals surface area contributed by atoms with E-state index in [0.717, 1.165) is 38.2 Å². The molecule has 0 unspecified atom stereocenters. The fourth-order valence-electron chi connectivity index (χ4n) is 1.40. The number of nitrogens with two attached hydrogens (primary N) is 1. The Balaban J connectivity index is 4.26. The zero-order chi connectivity index (χ0) is 10.8. The lowest BCUT2D eigenvalue weighted by Gasteiger charge is -2.23. The number of hydrogen-bond donors (Lipinski definition) is 1. The van der Waals surface area contributed by atoms with E-state index in [4.69, 9.17) is 5.84 Å². The Morgan fingerprint density at radius 3 is 2.21 bits per heavy atom. The minimum Gasteiger partial charge on any atom is -0.358 e. The molecule has 2 N–H and O–H groups in total. The van der Waals surface area contributed by atoms with Gasteiger partial charge in [-0.15, -0.1) is 0 Å². The maximum atomic E-state index is 5.39. The summed E-state index contributed by atoms with van der Waals surface area (Å²) in [4.78, 5) is 2.26. The van der Waals surface area contributed by atoms with Crippen LogP contribution in [0.15, 0.2) is 17.3 Å². The Bertz CT molecular complexity index is 179. The Morgan fingerprint density at radius 2 is 1.86 bits per heavy atom. The van der Waals surface area contributed by atoms with Gasteiger partial charge in [-0.1, -0.05) is 26.0 Å². The van der Waals surface area contributed by atoms with Crippen LogP contribution in [-0.4, -0.2) is 23.8 Å². The first-order valence-corrected chi connectivity index (χ1v) is 5.42. The van der Waals surface area contributed by atoms with Crippen molar-refractivity contribution in [3.05, 3.63) is 12.2 Å². The van der Waals surface area contributed by atoms with Crippen LogP contribution in [0.2, 0.25) is 0 Å². The number of rotatable bonds is 6. The molecule has 82 valence electrons. The molecule has 3 heteroatoms. The summed E-state index contributed by atoms with van der Waals surface area (Å²) in [7, 11) is 0.